The average Bonchev–Trinajstić information content (AvgIpc) is 2.60. The van der Waals surface area contributed by atoms with E-state index in [9.17, 15) is 8.42 Å². The topological polar surface area (TPSA) is 73.8 Å². The van der Waals surface area contributed by atoms with Gasteiger partial charge in [-0.25, -0.2) is 8.42 Å². The van der Waals surface area contributed by atoms with Crippen molar-refractivity contribution in [2.45, 2.75) is 57.0 Å². The minimum absolute atomic E-state index is 0.327. The first-order valence-electron chi connectivity index (χ1n) is 9.57. The zero-order valence-corrected chi connectivity index (χ0v) is 18.0. The Balaban J connectivity index is 1.85. The molecular weight excluding hydrogens is 360 g/mol. The number of benzene rings is 1. The van der Waals surface area contributed by atoms with Gasteiger partial charge in [0, 0.05) is 45.0 Å². The summed E-state index contributed by atoms with van der Waals surface area (Å²) >= 11 is 0. The normalized spacial score (nSPS) is 22.5. The van der Waals surface area contributed by atoms with Crippen LogP contribution in [0.5, 0.6) is 0 Å². The van der Waals surface area contributed by atoms with Crippen LogP contribution in [0.3, 0.4) is 0 Å². The number of nitrogens with zero attached hydrogens (tertiary/aromatic N) is 2. The van der Waals surface area contributed by atoms with Crippen molar-refractivity contribution >= 4 is 15.8 Å². The fraction of sp³-hybridized carbons (Fsp3) is 0.650. The molecule has 6 nitrogen and oxygen atoms in total. The van der Waals surface area contributed by atoms with Gasteiger partial charge in [-0.2, -0.15) is 0 Å². The van der Waals surface area contributed by atoms with E-state index in [-0.39, 0.29) is 0 Å². The molecule has 0 spiro atoms. The number of sulfone groups is 1. The SMILES string of the molecule is CN=C(NCC(C)(C)S(C)(=O)=O)NC1CCN(Cc2ccccc2)C(C)C1. The van der Waals surface area contributed by atoms with E-state index in [2.05, 4.69) is 51.7 Å². The first kappa shape index (κ1) is 21.7. The van der Waals surface area contributed by atoms with Gasteiger partial charge >= 0.3 is 0 Å². The summed E-state index contributed by atoms with van der Waals surface area (Å²) < 4.78 is 22.9. The Labute approximate surface area is 164 Å². The summed E-state index contributed by atoms with van der Waals surface area (Å²) in [6, 6.07) is 11.4. The lowest BCUT2D eigenvalue weighted by Gasteiger charge is -2.38. The van der Waals surface area contributed by atoms with Crippen molar-refractivity contribution in [3.05, 3.63) is 35.9 Å². The van der Waals surface area contributed by atoms with Gasteiger partial charge in [0.25, 0.3) is 0 Å². The molecule has 0 bridgehead atoms. The van der Waals surface area contributed by atoms with E-state index in [1.165, 1.54) is 11.8 Å². The molecule has 0 aromatic heterocycles. The van der Waals surface area contributed by atoms with Gasteiger partial charge < -0.3 is 10.6 Å². The molecule has 2 rings (SSSR count). The van der Waals surface area contributed by atoms with Gasteiger partial charge in [-0.1, -0.05) is 30.3 Å². The predicted octanol–water partition coefficient (Wildman–Crippen LogP) is 2.03. The molecule has 1 heterocycles. The molecule has 2 N–H and O–H groups in total. The van der Waals surface area contributed by atoms with Gasteiger partial charge in [-0.05, 0) is 39.2 Å². The lowest BCUT2D eigenvalue weighted by Crippen LogP contribution is -2.53. The summed E-state index contributed by atoms with van der Waals surface area (Å²) in [5.41, 5.74) is 1.34. The molecule has 7 heteroatoms. The van der Waals surface area contributed by atoms with Gasteiger partial charge in [0.2, 0.25) is 0 Å². The third-order valence-electron chi connectivity index (χ3n) is 5.49. The molecule has 1 aliphatic heterocycles. The number of nitrogens with one attached hydrogen (secondary N) is 2. The molecule has 0 saturated carbocycles. The minimum Gasteiger partial charge on any atom is -0.355 e. The van der Waals surface area contributed by atoms with Crippen LogP contribution in [0.2, 0.25) is 0 Å². The number of piperidine rings is 1. The van der Waals surface area contributed by atoms with Crippen molar-refractivity contribution < 1.29 is 8.42 Å². The molecule has 2 unspecified atom stereocenters. The average molecular weight is 395 g/mol. The van der Waals surface area contributed by atoms with Crippen LogP contribution in [0.15, 0.2) is 35.3 Å². The van der Waals surface area contributed by atoms with Crippen LogP contribution in [-0.2, 0) is 16.4 Å². The number of hydrogen-bond donors (Lipinski definition) is 2. The van der Waals surface area contributed by atoms with E-state index >= 15 is 0 Å². The summed E-state index contributed by atoms with van der Waals surface area (Å²) in [5, 5.41) is 6.64. The summed E-state index contributed by atoms with van der Waals surface area (Å²) in [6.45, 7) is 8.05. The zero-order chi connectivity index (χ0) is 20.1. The largest absolute Gasteiger partial charge is 0.355 e. The Kier molecular flexibility index (Phi) is 7.28. The molecule has 1 aromatic rings. The number of guanidine groups is 1. The molecular formula is C20H34N4O2S. The summed E-state index contributed by atoms with van der Waals surface area (Å²) in [6.07, 6.45) is 3.34. The van der Waals surface area contributed by atoms with Crippen molar-refractivity contribution in [2.24, 2.45) is 4.99 Å². The first-order chi connectivity index (χ1) is 12.6. The van der Waals surface area contributed by atoms with Crippen molar-refractivity contribution in [3.8, 4) is 0 Å². The molecule has 152 valence electrons. The monoisotopic (exact) mass is 394 g/mol. The van der Waals surface area contributed by atoms with Crippen molar-refractivity contribution in [1.82, 2.24) is 15.5 Å². The van der Waals surface area contributed by atoms with E-state index in [0.717, 1.165) is 25.9 Å². The standard InChI is InChI=1S/C20H34N4O2S/c1-16-13-18(11-12-24(16)14-17-9-7-6-8-10-17)23-19(21-4)22-15-20(2,3)27(5,25)26/h6-10,16,18H,11-15H2,1-5H3,(H2,21,22,23). The molecule has 1 aliphatic rings. The molecule has 27 heavy (non-hydrogen) atoms. The molecule has 2 atom stereocenters. The molecule has 1 aromatic carbocycles. The van der Waals surface area contributed by atoms with E-state index in [1.807, 2.05) is 6.07 Å². The Morgan fingerprint density at radius 3 is 2.52 bits per heavy atom. The third kappa shape index (κ3) is 6.21. The Morgan fingerprint density at radius 2 is 1.96 bits per heavy atom. The zero-order valence-electron chi connectivity index (χ0n) is 17.2. The van der Waals surface area contributed by atoms with Gasteiger partial charge in [0.15, 0.2) is 15.8 Å². The van der Waals surface area contributed by atoms with E-state index in [4.69, 9.17) is 0 Å². The second kappa shape index (κ2) is 9.06. The maximum absolute atomic E-state index is 11.9. The second-order valence-corrected chi connectivity index (χ2v) is 10.8. The van der Waals surface area contributed by atoms with E-state index < -0.39 is 14.6 Å². The number of hydrogen-bond acceptors (Lipinski definition) is 4. The predicted molar refractivity (Wildman–Crippen MR) is 113 cm³/mol. The quantitative estimate of drug-likeness (QED) is 0.570. The summed E-state index contributed by atoms with van der Waals surface area (Å²) in [7, 11) is -1.42. The molecule has 1 saturated heterocycles. The summed E-state index contributed by atoms with van der Waals surface area (Å²) in [4.78, 5) is 6.78. The highest BCUT2D eigenvalue weighted by Gasteiger charge is 2.31. The molecule has 1 fully saturated rings. The Morgan fingerprint density at radius 1 is 1.30 bits per heavy atom. The maximum atomic E-state index is 11.9. The van der Waals surface area contributed by atoms with E-state index in [1.54, 1.807) is 20.9 Å². The highest BCUT2D eigenvalue weighted by Crippen LogP contribution is 2.20. The fourth-order valence-electron chi connectivity index (χ4n) is 3.22. The molecule has 0 aliphatic carbocycles. The van der Waals surface area contributed by atoms with Gasteiger partial charge in [0.05, 0.1) is 4.75 Å². The maximum Gasteiger partial charge on any atom is 0.191 e. The lowest BCUT2D eigenvalue weighted by atomic mass is 9.97. The second-order valence-electron chi connectivity index (χ2n) is 8.13. The van der Waals surface area contributed by atoms with Crippen molar-refractivity contribution in [3.63, 3.8) is 0 Å². The van der Waals surface area contributed by atoms with Crippen LogP contribution in [0.25, 0.3) is 0 Å². The van der Waals surface area contributed by atoms with Crippen LogP contribution in [0.1, 0.15) is 39.2 Å². The Bertz CT molecular complexity index is 732. The minimum atomic E-state index is -3.14. The number of rotatable bonds is 6. The summed E-state index contributed by atoms with van der Waals surface area (Å²) in [5.74, 6) is 0.667. The van der Waals surface area contributed by atoms with Gasteiger partial charge in [0.1, 0.15) is 0 Å². The smallest absolute Gasteiger partial charge is 0.191 e. The third-order valence-corrected chi connectivity index (χ3v) is 7.64. The van der Waals surface area contributed by atoms with Crippen LogP contribution >= 0.6 is 0 Å². The van der Waals surface area contributed by atoms with Crippen molar-refractivity contribution in [2.75, 3.05) is 26.4 Å². The van der Waals surface area contributed by atoms with Crippen LogP contribution < -0.4 is 10.6 Å². The first-order valence-corrected chi connectivity index (χ1v) is 11.5. The van der Waals surface area contributed by atoms with Crippen LogP contribution in [-0.4, -0.2) is 62.5 Å². The van der Waals surface area contributed by atoms with Gasteiger partial charge in [-0.3, -0.25) is 9.89 Å². The highest BCUT2D eigenvalue weighted by atomic mass is 32.2. The van der Waals surface area contributed by atoms with Crippen LogP contribution in [0.4, 0.5) is 0 Å². The van der Waals surface area contributed by atoms with Crippen molar-refractivity contribution in [1.29, 1.82) is 0 Å². The van der Waals surface area contributed by atoms with Crippen LogP contribution in [0, 0.1) is 0 Å². The molecule has 0 amide bonds. The number of aliphatic imine (C=N–C) groups is 1. The van der Waals surface area contributed by atoms with E-state index in [0.29, 0.717) is 24.6 Å². The lowest BCUT2D eigenvalue weighted by molar-refractivity contribution is 0.134. The number of likely N-dealkylation sites (tertiary alicyclic amines) is 1. The fourth-order valence-corrected chi connectivity index (χ4v) is 3.55. The Hall–Kier alpha value is -1.60. The van der Waals surface area contributed by atoms with Gasteiger partial charge in [-0.15, -0.1) is 0 Å². The highest BCUT2D eigenvalue weighted by molar-refractivity contribution is 7.92. The molecule has 0 radical (unpaired) electrons.